The van der Waals surface area contributed by atoms with Crippen LogP contribution in [0.3, 0.4) is 0 Å². The topological polar surface area (TPSA) is 51.2 Å². The first-order chi connectivity index (χ1) is 12.4. The lowest BCUT2D eigenvalue weighted by Crippen LogP contribution is -2.27. The zero-order chi connectivity index (χ0) is 19.5. The van der Waals surface area contributed by atoms with Gasteiger partial charge in [0.15, 0.2) is 5.78 Å². The van der Waals surface area contributed by atoms with E-state index in [0.717, 1.165) is 50.5 Å². The van der Waals surface area contributed by atoms with Crippen molar-refractivity contribution in [1.82, 2.24) is 0 Å². The molecule has 3 heteroatoms. The predicted octanol–water partition coefficient (Wildman–Crippen LogP) is 5.63. The fraction of sp³-hybridized carbons (Fsp3) is 0.696. The van der Waals surface area contributed by atoms with Crippen LogP contribution in [0.1, 0.15) is 85.5 Å². The third-order valence-electron chi connectivity index (χ3n) is 5.39. The first-order valence-corrected chi connectivity index (χ1v) is 10.2. The fourth-order valence-electron chi connectivity index (χ4n) is 4.18. The van der Waals surface area contributed by atoms with Gasteiger partial charge in [0.25, 0.3) is 0 Å². The van der Waals surface area contributed by atoms with Gasteiger partial charge in [-0.2, -0.15) is 0 Å². The molecule has 0 bridgehead atoms. The standard InChI is InChI=1S/C23H36O3/c1-5-10-20(22(6-2)23(26)14-18(4)24)15-19-12-9-7-8-11-17(3)13-21(25)16-19/h7-8,13,19-20,22H,5-6,9-12,14-16H2,1-4H3/b8-7?,17-13+. The molecule has 0 saturated heterocycles. The Balaban J connectivity index is 2.89. The highest BCUT2D eigenvalue weighted by atomic mass is 16.1. The van der Waals surface area contributed by atoms with Crippen LogP contribution in [0.25, 0.3) is 0 Å². The SMILES string of the molecule is CCCC(CC1CCC=CC/C(C)=C/C(=O)C1)C(CC)C(=O)CC(C)=O. The van der Waals surface area contributed by atoms with E-state index in [4.69, 9.17) is 0 Å². The number of ketones is 3. The van der Waals surface area contributed by atoms with Gasteiger partial charge < -0.3 is 0 Å². The summed E-state index contributed by atoms with van der Waals surface area (Å²) in [7, 11) is 0. The number of hydrogen-bond acceptors (Lipinski definition) is 3. The lowest BCUT2D eigenvalue weighted by atomic mass is 9.75. The Morgan fingerprint density at radius 1 is 1.23 bits per heavy atom. The molecular weight excluding hydrogens is 324 g/mol. The van der Waals surface area contributed by atoms with Gasteiger partial charge in [0.2, 0.25) is 0 Å². The van der Waals surface area contributed by atoms with Crippen LogP contribution in [-0.4, -0.2) is 17.3 Å². The predicted molar refractivity (Wildman–Crippen MR) is 107 cm³/mol. The second-order valence-corrected chi connectivity index (χ2v) is 7.92. The Hall–Kier alpha value is -1.51. The van der Waals surface area contributed by atoms with Crippen LogP contribution in [-0.2, 0) is 14.4 Å². The minimum atomic E-state index is -0.0582. The number of Topliss-reactive ketones (excluding diaryl/α,β-unsaturated/α-hetero) is 2. The van der Waals surface area contributed by atoms with Crippen molar-refractivity contribution in [3.63, 3.8) is 0 Å². The molecule has 0 N–H and O–H groups in total. The average Bonchev–Trinajstić information content (AvgIpc) is 2.53. The number of hydrogen-bond donors (Lipinski definition) is 0. The van der Waals surface area contributed by atoms with Gasteiger partial charge in [0, 0.05) is 12.3 Å². The van der Waals surface area contributed by atoms with Crippen LogP contribution < -0.4 is 0 Å². The van der Waals surface area contributed by atoms with Gasteiger partial charge >= 0.3 is 0 Å². The second kappa shape index (κ2) is 12.0. The summed E-state index contributed by atoms with van der Waals surface area (Å²) >= 11 is 0. The molecule has 1 aliphatic rings. The lowest BCUT2D eigenvalue weighted by molar-refractivity contribution is -0.129. The zero-order valence-electron chi connectivity index (χ0n) is 17.1. The number of carbonyl (C=O) groups excluding carboxylic acids is 3. The number of rotatable bonds is 9. The molecule has 0 aromatic rings. The van der Waals surface area contributed by atoms with E-state index in [2.05, 4.69) is 19.1 Å². The van der Waals surface area contributed by atoms with Gasteiger partial charge in [-0.1, -0.05) is 44.4 Å². The first kappa shape index (κ1) is 22.5. The summed E-state index contributed by atoms with van der Waals surface area (Å²) < 4.78 is 0. The van der Waals surface area contributed by atoms with Crippen molar-refractivity contribution in [3.05, 3.63) is 23.8 Å². The van der Waals surface area contributed by atoms with E-state index in [-0.39, 0.29) is 35.6 Å². The summed E-state index contributed by atoms with van der Waals surface area (Å²) in [6, 6.07) is 0. The molecule has 1 rings (SSSR count). The van der Waals surface area contributed by atoms with Crippen molar-refractivity contribution < 1.29 is 14.4 Å². The second-order valence-electron chi connectivity index (χ2n) is 7.92. The molecule has 0 aliphatic heterocycles. The van der Waals surface area contributed by atoms with Crippen molar-refractivity contribution in [1.29, 1.82) is 0 Å². The van der Waals surface area contributed by atoms with Gasteiger partial charge in [-0.25, -0.2) is 0 Å². The minimum Gasteiger partial charge on any atom is -0.300 e. The molecule has 0 aromatic carbocycles. The molecule has 1 aliphatic carbocycles. The monoisotopic (exact) mass is 360 g/mol. The smallest absolute Gasteiger partial charge is 0.155 e. The molecule has 0 radical (unpaired) electrons. The summed E-state index contributed by atoms with van der Waals surface area (Å²) in [5.41, 5.74) is 1.11. The van der Waals surface area contributed by atoms with E-state index in [1.54, 1.807) is 6.08 Å². The van der Waals surface area contributed by atoms with E-state index < -0.39 is 0 Å². The fourth-order valence-corrected chi connectivity index (χ4v) is 4.18. The lowest BCUT2D eigenvalue weighted by Gasteiger charge is -2.29. The Morgan fingerprint density at radius 3 is 2.58 bits per heavy atom. The molecule has 0 fully saturated rings. The Morgan fingerprint density at radius 2 is 1.96 bits per heavy atom. The normalized spacial score (nSPS) is 23.0. The van der Waals surface area contributed by atoms with Crippen molar-refractivity contribution in [2.45, 2.75) is 85.5 Å². The molecular formula is C23H36O3. The van der Waals surface area contributed by atoms with Gasteiger partial charge in [-0.3, -0.25) is 14.4 Å². The Bertz CT molecular complexity index is 542. The van der Waals surface area contributed by atoms with Crippen LogP contribution in [0, 0.1) is 17.8 Å². The van der Waals surface area contributed by atoms with Crippen LogP contribution in [0.4, 0.5) is 0 Å². The maximum atomic E-state index is 12.6. The van der Waals surface area contributed by atoms with E-state index in [0.29, 0.717) is 12.3 Å². The zero-order valence-corrected chi connectivity index (χ0v) is 17.1. The van der Waals surface area contributed by atoms with Crippen LogP contribution in [0.15, 0.2) is 23.8 Å². The Labute approximate surface area is 159 Å². The van der Waals surface area contributed by atoms with Gasteiger partial charge in [-0.15, -0.1) is 0 Å². The molecule has 3 unspecified atom stereocenters. The molecule has 0 amide bonds. The van der Waals surface area contributed by atoms with Crippen LogP contribution in [0.5, 0.6) is 0 Å². The maximum absolute atomic E-state index is 12.6. The molecule has 26 heavy (non-hydrogen) atoms. The highest BCUT2D eigenvalue weighted by Gasteiger charge is 2.29. The molecule has 0 spiro atoms. The van der Waals surface area contributed by atoms with Crippen molar-refractivity contribution in [2.75, 3.05) is 0 Å². The van der Waals surface area contributed by atoms with Crippen molar-refractivity contribution in [2.24, 2.45) is 17.8 Å². The highest BCUT2D eigenvalue weighted by molar-refractivity contribution is 5.99. The van der Waals surface area contributed by atoms with E-state index >= 15 is 0 Å². The summed E-state index contributed by atoms with van der Waals surface area (Å²) in [6.07, 6.45) is 13.3. The largest absolute Gasteiger partial charge is 0.300 e. The van der Waals surface area contributed by atoms with Gasteiger partial charge in [-0.05, 0) is 63.9 Å². The maximum Gasteiger partial charge on any atom is 0.155 e. The third kappa shape index (κ3) is 8.25. The quantitative estimate of drug-likeness (QED) is 0.395. The highest BCUT2D eigenvalue weighted by Crippen LogP contribution is 2.33. The van der Waals surface area contributed by atoms with Gasteiger partial charge in [0.05, 0.1) is 6.42 Å². The molecule has 0 heterocycles. The molecule has 3 atom stereocenters. The van der Waals surface area contributed by atoms with Crippen molar-refractivity contribution >= 4 is 17.3 Å². The van der Waals surface area contributed by atoms with Crippen molar-refractivity contribution in [3.8, 4) is 0 Å². The van der Waals surface area contributed by atoms with Crippen LogP contribution >= 0.6 is 0 Å². The Kier molecular flexibility index (Phi) is 10.4. The molecule has 0 saturated carbocycles. The average molecular weight is 361 g/mol. The summed E-state index contributed by atoms with van der Waals surface area (Å²) in [5, 5.41) is 0. The van der Waals surface area contributed by atoms with Gasteiger partial charge in [0.1, 0.15) is 11.6 Å². The molecule has 0 aromatic heterocycles. The number of allylic oxidation sites excluding steroid dienone is 4. The summed E-state index contributed by atoms with van der Waals surface area (Å²) in [5.74, 6) is 0.763. The summed E-state index contributed by atoms with van der Waals surface area (Å²) in [6.45, 7) is 7.67. The third-order valence-corrected chi connectivity index (χ3v) is 5.39. The first-order valence-electron chi connectivity index (χ1n) is 10.2. The number of carbonyl (C=O) groups is 3. The minimum absolute atomic E-state index is 0.0486. The molecule has 3 nitrogen and oxygen atoms in total. The van der Waals surface area contributed by atoms with E-state index in [9.17, 15) is 14.4 Å². The van der Waals surface area contributed by atoms with Crippen LogP contribution in [0.2, 0.25) is 0 Å². The summed E-state index contributed by atoms with van der Waals surface area (Å²) in [4.78, 5) is 36.3. The van der Waals surface area contributed by atoms with E-state index in [1.807, 2.05) is 13.8 Å². The van der Waals surface area contributed by atoms with E-state index in [1.165, 1.54) is 6.92 Å². The molecule has 146 valence electrons.